The Labute approximate surface area is 84.4 Å². The van der Waals surface area contributed by atoms with Crippen LogP contribution in [0.4, 0.5) is 0 Å². The van der Waals surface area contributed by atoms with E-state index in [9.17, 15) is 0 Å². The molecule has 0 amide bonds. The van der Waals surface area contributed by atoms with Crippen molar-refractivity contribution in [3.63, 3.8) is 0 Å². The van der Waals surface area contributed by atoms with Crippen molar-refractivity contribution in [2.24, 2.45) is 7.05 Å². The number of aryl methyl sites for hydroxylation is 1. The van der Waals surface area contributed by atoms with E-state index in [1.807, 2.05) is 18.5 Å². The maximum absolute atomic E-state index is 9.06. The third kappa shape index (κ3) is 1.31. The lowest BCUT2D eigenvalue weighted by molar-refractivity contribution is 0.697. The van der Waals surface area contributed by atoms with E-state index < -0.39 is 0 Å². The Morgan fingerprint density at radius 2 is 2.07 bits per heavy atom. The van der Waals surface area contributed by atoms with Crippen LogP contribution in [-0.4, -0.2) is 9.55 Å². The fourth-order valence-corrected chi connectivity index (χ4v) is 2.25. The van der Waals surface area contributed by atoms with Gasteiger partial charge in [0.05, 0.1) is 5.69 Å². The molecule has 1 aromatic rings. The van der Waals surface area contributed by atoms with E-state index in [2.05, 4.69) is 11.1 Å². The molecule has 0 bridgehead atoms. The van der Waals surface area contributed by atoms with Gasteiger partial charge in [-0.15, -0.1) is 0 Å². The van der Waals surface area contributed by atoms with E-state index in [1.165, 1.54) is 25.7 Å². The molecule has 0 spiro atoms. The third-order valence-electron chi connectivity index (χ3n) is 3.19. The minimum absolute atomic E-state index is 0.532. The van der Waals surface area contributed by atoms with Gasteiger partial charge in [-0.1, -0.05) is 12.8 Å². The molecule has 2 rings (SSSR count). The lowest BCUT2D eigenvalue weighted by Crippen LogP contribution is -1.98. The second-order valence-electron chi connectivity index (χ2n) is 4.05. The third-order valence-corrected chi connectivity index (χ3v) is 3.19. The molecule has 1 aromatic heterocycles. The maximum Gasteiger partial charge on any atom is 0.143 e. The smallest absolute Gasteiger partial charge is 0.143 e. The van der Waals surface area contributed by atoms with Crippen LogP contribution >= 0.6 is 0 Å². The van der Waals surface area contributed by atoms with E-state index in [-0.39, 0.29) is 0 Å². The molecule has 3 heteroatoms. The van der Waals surface area contributed by atoms with Crippen molar-refractivity contribution in [2.45, 2.75) is 38.5 Å². The summed E-state index contributed by atoms with van der Waals surface area (Å²) in [6.07, 6.45) is 4.96. The number of rotatable bonds is 1. The van der Waals surface area contributed by atoms with Crippen LogP contribution in [0.5, 0.6) is 0 Å². The largest absolute Gasteiger partial charge is 0.323 e. The highest BCUT2D eigenvalue weighted by Crippen LogP contribution is 2.35. The van der Waals surface area contributed by atoms with Crippen LogP contribution in [0.2, 0.25) is 0 Å². The van der Waals surface area contributed by atoms with Crippen LogP contribution in [0.1, 0.15) is 48.8 Å². The number of aromatic nitrogens is 2. The van der Waals surface area contributed by atoms with Gasteiger partial charge in [0, 0.05) is 13.0 Å². The first-order chi connectivity index (χ1) is 6.74. The number of imidazole rings is 1. The summed E-state index contributed by atoms with van der Waals surface area (Å²) in [5.41, 5.74) is 1.79. The summed E-state index contributed by atoms with van der Waals surface area (Å²) < 4.78 is 1.90. The first-order valence-electron chi connectivity index (χ1n) is 5.17. The van der Waals surface area contributed by atoms with Gasteiger partial charge in [-0.3, -0.25) is 0 Å². The lowest BCUT2D eigenvalue weighted by atomic mass is 10.0. The highest BCUT2D eigenvalue weighted by atomic mass is 15.1. The van der Waals surface area contributed by atoms with Crippen molar-refractivity contribution < 1.29 is 0 Å². The highest BCUT2D eigenvalue weighted by Gasteiger charge is 2.24. The second-order valence-corrected chi connectivity index (χ2v) is 4.05. The molecule has 3 nitrogen and oxygen atoms in total. The maximum atomic E-state index is 9.06. The highest BCUT2D eigenvalue weighted by molar-refractivity contribution is 5.32. The summed E-state index contributed by atoms with van der Waals surface area (Å²) in [7, 11) is 1.92. The Bertz CT molecular complexity index is 378. The molecule has 0 atom stereocenters. The van der Waals surface area contributed by atoms with Crippen LogP contribution < -0.4 is 0 Å². The molecule has 1 fully saturated rings. The minimum Gasteiger partial charge on any atom is -0.323 e. The van der Waals surface area contributed by atoms with Crippen molar-refractivity contribution in [1.82, 2.24) is 9.55 Å². The van der Waals surface area contributed by atoms with Crippen molar-refractivity contribution in [3.05, 3.63) is 17.2 Å². The SMILES string of the molecule is Cc1nc(C2CCCC2)c(C#N)n1C. The zero-order valence-electron chi connectivity index (χ0n) is 8.75. The minimum atomic E-state index is 0.532. The van der Waals surface area contributed by atoms with Crippen LogP contribution in [-0.2, 0) is 7.05 Å². The first kappa shape index (κ1) is 9.26. The summed E-state index contributed by atoms with van der Waals surface area (Å²) in [6.45, 7) is 1.96. The topological polar surface area (TPSA) is 41.6 Å². The fourth-order valence-electron chi connectivity index (χ4n) is 2.25. The van der Waals surface area contributed by atoms with E-state index in [1.54, 1.807) is 0 Å². The van der Waals surface area contributed by atoms with Gasteiger partial charge in [0.25, 0.3) is 0 Å². The first-order valence-corrected chi connectivity index (χ1v) is 5.17. The van der Waals surface area contributed by atoms with E-state index in [4.69, 9.17) is 5.26 Å². The van der Waals surface area contributed by atoms with Crippen LogP contribution in [0.15, 0.2) is 0 Å². The molecule has 0 N–H and O–H groups in total. The summed E-state index contributed by atoms with van der Waals surface area (Å²) in [5, 5.41) is 9.06. The van der Waals surface area contributed by atoms with Gasteiger partial charge in [0.2, 0.25) is 0 Å². The van der Waals surface area contributed by atoms with Crippen LogP contribution in [0.25, 0.3) is 0 Å². The van der Waals surface area contributed by atoms with Crippen LogP contribution in [0.3, 0.4) is 0 Å². The Balaban J connectivity index is 2.42. The number of hydrogen-bond acceptors (Lipinski definition) is 2. The van der Waals surface area contributed by atoms with Gasteiger partial charge >= 0.3 is 0 Å². The monoisotopic (exact) mass is 189 g/mol. The van der Waals surface area contributed by atoms with Crippen molar-refractivity contribution in [1.29, 1.82) is 5.26 Å². The predicted octanol–water partition coefficient (Wildman–Crippen LogP) is 2.26. The molecule has 74 valence electrons. The molecule has 1 saturated carbocycles. The Hall–Kier alpha value is -1.30. The summed E-state index contributed by atoms with van der Waals surface area (Å²) in [6, 6.07) is 2.26. The second kappa shape index (κ2) is 3.45. The van der Waals surface area contributed by atoms with E-state index in [0.29, 0.717) is 5.92 Å². The summed E-state index contributed by atoms with van der Waals surface area (Å²) in [5.74, 6) is 1.48. The Kier molecular flexibility index (Phi) is 2.28. The lowest BCUT2D eigenvalue weighted by Gasteiger charge is -2.04. The van der Waals surface area contributed by atoms with Gasteiger partial charge < -0.3 is 4.57 Å². The van der Waals surface area contributed by atoms with Crippen LogP contribution in [0, 0.1) is 18.3 Å². The predicted molar refractivity (Wildman–Crippen MR) is 53.9 cm³/mol. The molecular weight excluding hydrogens is 174 g/mol. The standard InChI is InChI=1S/C11H15N3/c1-8-13-11(9-5-3-4-6-9)10(7-12)14(8)2/h9H,3-6H2,1-2H3. The number of hydrogen-bond donors (Lipinski definition) is 0. The normalized spacial score (nSPS) is 17.2. The number of nitrogens with zero attached hydrogens (tertiary/aromatic N) is 3. The molecule has 0 aliphatic heterocycles. The number of nitriles is 1. The molecule has 1 aliphatic rings. The summed E-state index contributed by atoms with van der Waals surface area (Å²) >= 11 is 0. The molecule has 0 unspecified atom stereocenters. The fraction of sp³-hybridized carbons (Fsp3) is 0.636. The molecule has 0 radical (unpaired) electrons. The van der Waals surface area contributed by atoms with Gasteiger partial charge in [-0.2, -0.15) is 5.26 Å². The molecule has 14 heavy (non-hydrogen) atoms. The van der Waals surface area contributed by atoms with E-state index >= 15 is 0 Å². The molecular formula is C11H15N3. The Morgan fingerprint density at radius 3 is 2.64 bits per heavy atom. The van der Waals surface area contributed by atoms with Gasteiger partial charge in [0.15, 0.2) is 0 Å². The molecule has 1 aliphatic carbocycles. The van der Waals surface area contributed by atoms with E-state index in [0.717, 1.165) is 17.2 Å². The Morgan fingerprint density at radius 1 is 1.43 bits per heavy atom. The summed E-state index contributed by atoms with van der Waals surface area (Å²) in [4.78, 5) is 4.50. The van der Waals surface area contributed by atoms with Gasteiger partial charge in [0.1, 0.15) is 17.6 Å². The zero-order valence-corrected chi connectivity index (χ0v) is 8.75. The van der Waals surface area contributed by atoms with Crippen molar-refractivity contribution >= 4 is 0 Å². The van der Waals surface area contributed by atoms with Gasteiger partial charge in [-0.25, -0.2) is 4.98 Å². The van der Waals surface area contributed by atoms with Crippen molar-refractivity contribution in [3.8, 4) is 6.07 Å². The zero-order chi connectivity index (χ0) is 10.1. The molecule has 0 aromatic carbocycles. The average Bonchev–Trinajstić information content (AvgIpc) is 2.76. The van der Waals surface area contributed by atoms with Gasteiger partial charge in [-0.05, 0) is 19.8 Å². The molecule has 0 saturated heterocycles. The average molecular weight is 189 g/mol. The van der Waals surface area contributed by atoms with Crippen molar-refractivity contribution in [2.75, 3.05) is 0 Å². The molecule has 1 heterocycles. The quantitative estimate of drug-likeness (QED) is 0.680.